The summed E-state index contributed by atoms with van der Waals surface area (Å²) < 4.78 is 142. The van der Waals surface area contributed by atoms with Gasteiger partial charge in [-0.25, -0.2) is 9.37 Å². The predicted molar refractivity (Wildman–Crippen MR) is 139 cm³/mol. The summed E-state index contributed by atoms with van der Waals surface area (Å²) in [5.41, 5.74) is -2.73. The first-order valence-corrected chi connectivity index (χ1v) is 13.3. The van der Waals surface area contributed by atoms with E-state index in [0.717, 1.165) is 37.2 Å². The molecule has 0 amide bonds. The number of hydrogen-bond donors (Lipinski definition) is 1. The van der Waals surface area contributed by atoms with Crippen molar-refractivity contribution in [2.24, 2.45) is 0 Å². The number of aromatic hydroxyl groups is 1. The summed E-state index contributed by atoms with van der Waals surface area (Å²) in [6.07, 6.45) is -10.2. The zero-order chi connectivity index (χ0) is 33.2. The van der Waals surface area contributed by atoms with Crippen molar-refractivity contribution in [3.63, 3.8) is 0 Å². The van der Waals surface area contributed by atoms with E-state index >= 15 is 0 Å². The molecule has 16 heteroatoms. The average molecular weight is 657 g/mol. The maximum atomic E-state index is 13.1. The zero-order valence-corrected chi connectivity index (χ0v) is 23.3. The number of rotatable bonds is 6. The van der Waals surface area contributed by atoms with Crippen molar-refractivity contribution in [1.82, 2.24) is 4.98 Å². The fourth-order valence-corrected chi connectivity index (χ4v) is 5.19. The second-order valence-corrected chi connectivity index (χ2v) is 10.3. The van der Waals surface area contributed by atoms with Gasteiger partial charge in [-0.2, -0.15) is 39.5 Å². The van der Waals surface area contributed by atoms with E-state index in [1.807, 2.05) is 4.90 Å². The van der Waals surface area contributed by atoms with Gasteiger partial charge in [-0.3, -0.25) is 0 Å². The van der Waals surface area contributed by atoms with Crippen molar-refractivity contribution in [3.05, 3.63) is 77.2 Å². The minimum Gasteiger partial charge on any atom is -0.505 e. The lowest BCUT2D eigenvalue weighted by atomic mass is 9.99. The van der Waals surface area contributed by atoms with E-state index in [1.54, 1.807) is 0 Å². The highest BCUT2D eigenvalue weighted by molar-refractivity contribution is 5.46. The van der Waals surface area contributed by atoms with E-state index in [0.29, 0.717) is 36.9 Å². The average Bonchev–Trinajstić information content (AvgIpc) is 3.22. The van der Waals surface area contributed by atoms with E-state index in [1.165, 1.54) is 19.2 Å². The van der Waals surface area contributed by atoms with Crippen LogP contribution in [0.3, 0.4) is 0 Å². The summed E-state index contributed by atoms with van der Waals surface area (Å²) in [4.78, 5) is 6.05. The summed E-state index contributed by atoms with van der Waals surface area (Å²) in [7, 11) is 1.36. The Labute approximate surface area is 250 Å². The molecule has 5 rings (SSSR count). The molecule has 2 bridgehead atoms. The molecule has 0 radical (unpaired) electrons. The molecule has 2 aliphatic heterocycles. The van der Waals surface area contributed by atoms with Crippen LogP contribution in [-0.4, -0.2) is 42.2 Å². The van der Waals surface area contributed by atoms with Crippen LogP contribution >= 0.6 is 0 Å². The van der Waals surface area contributed by atoms with Gasteiger partial charge in [0.05, 0.1) is 16.7 Å². The van der Waals surface area contributed by atoms with Crippen LogP contribution in [-0.2, 0) is 23.3 Å². The quantitative estimate of drug-likeness (QED) is 0.213. The number of alkyl halides is 9. The predicted octanol–water partition coefficient (Wildman–Crippen LogP) is 8.23. The van der Waals surface area contributed by atoms with Gasteiger partial charge in [0.2, 0.25) is 0 Å². The Morgan fingerprint density at radius 3 is 1.84 bits per heavy atom. The number of ether oxygens (including phenoxy) is 3. The molecule has 1 unspecified atom stereocenters. The van der Waals surface area contributed by atoms with E-state index < -0.39 is 46.8 Å². The summed E-state index contributed by atoms with van der Waals surface area (Å²) >= 11 is 0. The Morgan fingerprint density at radius 2 is 1.33 bits per heavy atom. The molecule has 45 heavy (non-hydrogen) atoms. The van der Waals surface area contributed by atoms with Gasteiger partial charge in [0.1, 0.15) is 11.9 Å². The molecule has 2 saturated heterocycles. The molecule has 246 valence electrons. The van der Waals surface area contributed by atoms with E-state index in [9.17, 15) is 43.9 Å². The van der Waals surface area contributed by atoms with Gasteiger partial charge < -0.3 is 24.2 Å². The van der Waals surface area contributed by atoms with Crippen LogP contribution in [0.5, 0.6) is 17.2 Å². The van der Waals surface area contributed by atoms with Crippen LogP contribution in [0.1, 0.15) is 42.4 Å². The minimum atomic E-state index is -4.55. The molecule has 2 aromatic carbocycles. The molecule has 1 aromatic heterocycles. The smallest absolute Gasteiger partial charge is 0.417 e. The number of fused-ring (bicyclic) bond motifs is 2. The highest BCUT2D eigenvalue weighted by atomic mass is 19.4. The van der Waals surface area contributed by atoms with Crippen molar-refractivity contribution in [2.75, 3.05) is 18.8 Å². The van der Waals surface area contributed by atoms with Crippen molar-refractivity contribution >= 4 is 5.82 Å². The van der Waals surface area contributed by atoms with Gasteiger partial charge in [0, 0.05) is 38.2 Å². The third kappa shape index (κ3) is 8.41. The molecule has 2 fully saturated rings. The Kier molecular flexibility index (Phi) is 9.94. The second kappa shape index (κ2) is 13.2. The summed E-state index contributed by atoms with van der Waals surface area (Å²) in [5, 5.41) is 8.59. The van der Waals surface area contributed by atoms with Gasteiger partial charge in [0.15, 0.2) is 29.9 Å². The molecule has 3 aromatic rings. The molecule has 0 aliphatic carbocycles. The lowest BCUT2D eigenvalue weighted by Gasteiger charge is -2.39. The van der Waals surface area contributed by atoms with Crippen LogP contribution in [0.15, 0.2) is 54.7 Å². The SMILES string of the molecule is COCOc1cc(C(F)(F)F)ccc1OC1C[C@H]2CC[C@@H](C1)N2c1ccc(C(F)(F)F)cn1.Oc1cc(C(F)(F)F)ccc1F. The Morgan fingerprint density at radius 1 is 0.778 bits per heavy atom. The number of piperidine rings is 1. The summed E-state index contributed by atoms with van der Waals surface area (Å²) in [6.45, 7) is -0.235. The number of hydrogen-bond acceptors (Lipinski definition) is 6. The monoisotopic (exact) mass is 656 g/mol. The first kappa shape index (κ1) is 33.9. The van der Waals surface area contributed by atoms with Crippen LogP contribution in [0.4, 0.5) is 49.7 Å². The van der Waals surface area contributed by atoms with Gasteiger partial charge in [0.25, 0.3) is 0 Å². The fourth-order valence-electron chi connectivity index (χ4n) is 5.19. The van der Waals surface area contributed by atoms with E-state index in [4.69, 9.17) is 19.3 Å². The lowest BCUT2D eigenvalue weighted by molar-refractivity contribution is -0.138. The van der Waals surface area contributed by atoms with Gasteiger partial charge in [-0.1, -0.05) is 0 Å². The zero-order valence-electron chi connectivity index (χ0n) is 23.3. The highest BCUT2D eigenvalue weighted by Crippen LogP contribution is 2.43. The topological polar surface area (TPSA) is 64.0 Å². The Bertz CT molecular complexity index is 1430. The summed E-state index contributed by atoms with van der Waals surface area (Å²) in [5.74, 6) is -1.46. The third-order valence-electron chi connectivity index (χ3n) is 7.20. The number of methoxy groups -OCH3 is 1. The fraction of sp³-hybridized carbons (Fsp3) is 0.414. The van der Waals surface area contributed by atoms with Crippen molar-refractivity contribution in [1.29, 1.82) is 0 Å². The number of benzene rings is 2. The second-order valence-electron chi connectivity index (χ2n) is 10.3. The van der Waals surface area contributed by atoms with Crippen LogP contribution in [0.2, 0.25) is 0 Å². The maximum Gasteiger partial charge on any atom is 0.417 e. The van der Waals surface area contributed by atoms with Crippen LogP contribution < -0.4 is 14.4 Å². The normalized spacial score (nSPS) is 20.0. The molecular formula is C29H26F10N2O4. The first-order chi connectivity index (χ1) is 21.0. The van der Waals surface area contributed by atoms with Gasteiger partial charge in [-0.05, 0) is 61.4 Å². The number of halogens is 10. The Balaban J connectivity index is 0.000000323. The largest absolute Gasteiger partial charge is 0.505 e. The number of phenols is 1. The highest BCUT2D eigenvalue weighted by Gasteiger charge is 2.43. The van der Waals surface area contributed by atoms with E-state index in [-0.39, 0.29) is 36.5 Å². The van der Waals surface area contributed by atoms with Crippen molar-refractivity contribution in [2.45, 2.75) is 62.4 Å². The number of pyridine rings is 1. The molecule has 3 heterocycles. The number of nitrogens with zero attached hydrogens (tertiary/aromatic N) is 2. The minimum absolute atomic E-state index is 0.00998. The number of aromatic nitrogens is 1. The first-order valence-electron chi connectivity index (χ1n) is 13.3. The third-order valence-corrected chi connectivity index (χ3v) is 7.20. The number of anilines is 1. The summed E-state index contributed by atoms with van der Waals surface area (Å²) in [6, 6.07) is 6.94. The number of phenolic OH excluding ortho intramolecular Hbond substituents is 1. The standard InChI is InChI=1S/C22H22F6N2O3.C7H4F4O/c1-31-12-32-19-8-13(21(23,24)25)2-6-18(19)33-17-9-15-4-5-16(10-17)30(15)20-7-3-14(11-29-20)22(26,27)28;8-5-2-1-4(3-6(5)12)7(9,10)11/h2-3,6-8,11,15-17H,4-5,9-10,12H2,1H3;1-3,12H/t15-,16+,17?;. The molecule has 6 nitrogen and oxygen atoms in total. The molecule has 0 spiro atoms. The van der Waals surface area contributed by atoms with E-state index in [2.05, 4.69) is 4.98 Å². The Hall–Kier alpha value is -3.95. The van der Waals surface area contributed by atoms with Crippen molar-refractivity contribution in [3.8, 4) is 17.2 Å². The molecule has 3 atom stereocenters. The lowest BCUT2D eigenvalue weighted by Crippen LogP contribution is -2.46. The maximum absolute atomic E-state index is 13.1. The molecule has 2 aliphatic rings. The van der Waals surface area contributed by atoms with Crippen LogP contribution in [0.25, 0.3) is 0 Å². The van der Waals surface area contributed by atoms with Crippen LogP contribution in [0, 0.1) is 5.82 Å². The van der Waals surface area contributed by atoms with Gasteiger partial charge >= 0.3 is 18.5 Å². The molecule has 0 saturated carbocycles. The molecular weight excluding hydrogens is 630 g/mol. The van der Waals surface area contributed by atoms with Gasteiger partial charge in [-0.15, -0.1) is 0 Å². The molecule has 1 N–H and O–H groups in total. The van der Waals surface area contributed by atoms with Crippen molar-refractivity contribution < 1.29 is 63.2 Å².